The summed E-state index contributed by atoms with van der Waals surface area (Å²) in [5, 5.41) is 9.12. The Morgan fingerprint density at radius 1 is 1.11 bits per heavy atom. The summed E-state index contributed by atoms with van der Waals surface area (Å²) in [4.78, 5) is 0. The monoisotopic (exact) mass is 248 g/mol. The maximum atomic E-state index is 9.12. The number of aliphatic hydroxyl groups is 1. The fourth-order valence-corrected chi connectivity index (χ4v) is 2.07. The molecule has 0 unspecified atom stereocenters. The van der Waals surface area contributed by atoms with Crippen molar-refractivity contribution in [2.75, 3.05) is 0 Å². The van der Waals surface area contributed by atoms with Crippen LogP contribution in [-0.2, 0) is 15.9 Å². The van der Waals surface area contributed by atoms with Crippen molar-refractivity contribution in [2.24, 2.45) is 0 Å². The molecule has 4 heteroatoms. The van der Waals surface area contributed by atoms with Crippen molar-refractivity contribution in [2.45, 2.75) is 52.4 Å². The van der Waals surface area contributed by atoms with Crippen molar-refractivity contribution in [1.82, 2.24) is 0 Å². The highest BCUT2D eigenvalue weighted by Gasteiger charge is 2.51. The second-order valence-electron chi connectivity index (χ2n) is 5.94. The standard InChI is InChI=1S/C14H21BO3/c1-10-8-11(9-16)6-7-12(10)15-17-13(2,3)14(4,5)18-15/h6-8,16H,9H2,1-5H3. The van der Waals surface area contributed by atoms with Gasteiger partial charge in [0.25, 0.3) is 0 Å². The molecule has 0 aromatic heterocycles. The minimum absolute atomic E-state index is 0.0600. The highest BCUT2D eigenvalue weighted by molar-refractivity contribution is 6.62. The van der Waals surface area contributed by atoms with Crippen LogP contribution in [0.4, 0.5) is 0 Å². The lowest BCUT2D eigenvalue weighted by atomic mass is 9.76. The molecule has 0 bridgehead atoms. The molecule has 98 valence electrons. The molecule has 0 amide bonds. The number of aryl methyl sites for hydroxylation is 1. The summed E-state index contributed by atoms with van der Waals surface area (Å²) < 4.78 is 12.0. The van der Waals surface area contributed by atoms with Gasteiger partial charge in [0.1, 0.15) is 0 Å². The summed E-state index contributed by atoms with van der Waals surface area (Å²) in [5.74, 6) is 0. The van der Waals surface area contributed by atoms with Gasteiger partial charge >= 0.3 is 7.12 Å². The number of aliphatic hydroxyl groups excluding tert-OH is 1. The first-order chi connectivity index (χ1) is 8.27. The van der Waals surface area contributed by atoms with Gasteiger partial charge in [-0.3, -0.25) is 0 Å². The van der Waals surface area contributed by atoms with Crippen LogP contribution >= 0.6 is 0 Å². The second kappa shape index (κ2) is 4.37. The van der Waals surface area contributed by atoms with Gasteiger partial charge in [0.15, 0.2) is 0 Å². The molecule has 1 saturated heterocycles. The Kier molecular flexibility index (Phi) is 3.30. The minimum Gasteiger partial charge on any atom is -0.399 e. The van der Waals surface area contributed by atoms with E-state index in [0.717, 1.165) is 16.6 Å². The average Bonchev–Trinajstić information content (AvgIpc) is 2.47. The number of hydrogen-bond donors (Lipinski definition) is 1. The summed E-state index contributed by atoms with van der Waals surface area (Å²) in [6.07, 6.45) is 0. The lowest BCUT2D eigenvalue weighted by Gasteiger charge is -2.32. The van der Waals surface area contributed by atoms with Crippen LogP contribution in [0.15, 0.2) is 18.2 Å². The van der Waals surface area contributed by atoms with Gasteiger partial charge in [0.05, 0.1) is 17.8 Å². The number of benzene rings is 1. The van der Waals surface area contributed by atoms with Crippen LogP contribution in [0.5, 0.6) is 0 Å². The van der Waals surface area contributed by atoms with Crippen LogP contribution in [0.3, 0.4) is 0 Å². The van der Waals surface area contributed by atoms with Gasteiger partial charge in [-0.2, -0.15) is 0 Å². The van der Waals surface area contributed by atoms with E-state index in [2.05, 4.69) is 0 Å². The summed E-state index contributed by atoms with van der Waals surface area (Å²) in [6.45, 7) is 10.3. The summed E-state index contributed by atoms with van der Waals surface area (Å²) in [6, 6.07) is 5.86. The van der Waals surface area contributed by atoms with Gasteiger partial charge in [-0.1, -0.05) is 23.8 Å². The molecule has 3 nitrogen and oxygen atoms in total. The molecule has 1 N–H and O–H groups in total. The molecule has 0 radical (unpaired) electrons. The third-order valence-corrected chi connectivity index (χ3v) is 4.02. The molecule has 18 heavy (non-hydrogen) atoms. The fraction of sp³-hybridized carbons (Fsp3) is 0.571. The highest BCUT2D eigenvalue weighted by Crippen LogP contribution is 2.36. The van der Waals surface area contributed by atoms with E-state index in [-0.39, 0.29) is 24.9 Å². The number of rotatable bonds is 2. The third-order valence-electron chi connectivity index (χ3n) is 4.02. The van der Waals surface area contributed by atoms with Crippen LogP contribution in [-0.4, -0.2) is 23.4 Å². The Balaban J connectivity index is 2.30. The Bertz CT molecular complexity index is 438. The third kappa shape index (κ3) is 2.20. The predicted molar refractivity (Wildman–Crippen MR) is 72.8 cm³/mol. The predicted octanol–water partition coefficient (Wildman–Crippen LogP) is 1.79. The van der Waals surface area contributed by atoms with Crippen LogP contribution < -0.4 is 5.46 Å². The summed E-state index contributed by atoms with van der Waals surface area (Å²) in [5.41, 5.74) is 2.39. The van der Waals surface area contributed by atoms with Crippen molar-refractivity contribution in [3.63, 3.8) is 0 Å². The van der Waals surface area contributed by atoms with Crippen molar-refractivity contribution in [1.29, 1.82) is 0 Å². The molecule has 1 heterocycles. The van der Waals surface area contributed by atoms with Crippen LogP contribution in [0.1, 0.15) is 38.8 Å². The quantitative estimate of drug-likeness (QED) is 0.811. The average molecular weight is 248 g/mol. The molecule has 2 rings (SSSR count). The smallest absolute Gasteiger partial charge is 0.399 e. The second-order valence-corrected chi connectivity index (χ2v) is 5.94. The van der Waals surface area contributed by atoms with E-state index < -0.39 is 0 Å². The van der Waals surface area contributed by atoms with E-state index in [1.54, 1.807) is 0 Å². The van der Waals surface area contributed by atoms with Gasteiger partial charge in [-0.05, 0) is 45.6 Å². The molecular formula is C14H21BO3. The Morgan fingerprint density at radius 2 is 1.67 bits per heavy atom. The molecular weight excluding hydrogens is 227 g/mol. The van der Waals surface area contributed by atoms with Crippen molar-refractivity contribution >= 4 is 12.6 Å². The van der Waals surface area contributed by atoms with Crippen molar-refractivity contribution in [3.8, 4) is 0 Å². The normalized spacial score (nSPS) is 21.3. The van der Waals surface area contributed by atoms with Crippen LogP contribution in [0.25, 0.3) is 0 Å². The molecule has 0 atom stereocenters. The van der Waals surface area contributed by atoms with Gasteiger partial charge in [-0.15, -0.1) is 0 Å². The molecule has 1 aromatic carbocycles. The topological polar surface area (TPSA) is 38.7 Å². The zero-order valence-corrected chi connectivity index (χ0v) is 11.8. The largest absolute Gasteiger partial charge is 0.495 e. The Hall–Kier alpha value is -0.835. The van der Waals surface area contributed by atoms with Crippen molar-refractivity contribution in [3.05, 3.63) is 29.3 Å². The first-order valence-corrected chi connectivity index (χ1v) is 6.33. The summed E-state index contributed by atoms with van der Waals surface area (Å²) in [7, 11) is -0.331. The Labute approximate surface area is 109 Å². The fourth-order valence-electron chi connectivity index (χ4n) is 2.07. The number of hydrogen-bond acceptors (Lipinski definition) is 3. The molecule has 0 aliphatic carbocycles. The zero-order valence-electron chi connectivity index (χ0n) is 11.8. The van der Waals surface area contributed by atoms with E-state index in [4.69, 9.17) is 14.4 Å². The maximum Gasteiger partial charge on any atom is 0.495 e. The highest BCUT2D eigenvalue weighted by atomic mass is 16.7. The molecule has 1 aliphatic rings. The minimum atomic E-state index is -0.331. The lowest BCUT2D eigenvalue weighted by molar-refractivity contribution is 0.00578. The van der Waals surface area contributed by atoms with E-state index in [9.17, 15) is 0 Å². The molecule has 1 aliphatic heterocycles. The van der Waals surface area contributed by atoms with Crippen LogP contribution in [0.2, 0.25) is 0 Å². The van der Waals surface area contributed by atoms with Crippen molar-refractivity contribution < 1.29 is 14.4 Å². The van der Waals surface area contributed by atoms with E-state index in [1.165, 1.54) is 0 Å². The molecule has 0 saturated carbocycles. The first kappa shape index (κ1) is 13.6. The van der Waals surface area contributed by atoms with Gasteiger partial charge in [0.2, 0.25) is 0 Å². The van der Waals surface area contributed by atoms with Gasteiger partial charge in [-0.25, -0.2) is 0 Å². The molecule has 1 fully saturated rings. The summed E-state index contributed by atoms with van der Waals surface area (Å²) >= 11 is 0. The molecule has 1 aromatic rings. The Morgan fingerprint density at radius 3 is 2.11 bits per heavy atom. The molecule has 0 spiro atoms. The maximum absolute atomic E-state index is 9.12. The van der Waals surface area contributed by atoms with Gasteiger partial charge < -0.3 is 14.4 Å². The van der Waals surface area contributed by atoms with Crippen LogP contribution in [0, 0.1) is 6.92 Å². The van der Waals surface area contributed by atoms with Gasteiger partial charge in [0, 0.05) is 0 Å². The first-order valence-electron chi connectivity index (χ1n) is 6.33. The zero-order chi connectivity index (χ0) is 13.6. The van der Waals surface area contributed by atoms with E-state index in [1.807, 2.05) is 52.8 Å². The lowest BCUT2D eigenvalue weighted by Crippen LogP contribution is -2.41. The van der Waals surface area contributed by atoms with E-state index >= 15 is 0 Å². The van der Waals surface area contributed by atoms with E-state index in [0.29, 0.717) is 0 Å². The SMILES string of the molecule is Cc1cc(CO)ccc1B1OC(C)(C)C(C)(C)O1.